The highest BCUT2D eigenvalue weighted by molar-refractivity contribution is 7.09. The number of benzene rings is 2. The summed E-state index contributed by atoms with van der Waals surface area (Å²) in [6, 6.07) is 14.5. The van der Waals surface area contributed by atoms with E-state index in [-0.39, 0.29) is 4.87 Å². The molecule has 0 aliphatic heterocycles. The second-order valence-electron chi connectivity index (χ2n) is 4.01. The maximum absolute atomic E-state index is 11.3. The first-order valence-corrected chi connectivity index (χ1v) is 6.24. The molecular weight excluding hydrogens is 230 g/mol. The lowest BCUT2D eigenvalue weighted by molar-refractivity contribution is 1.32. The smallest absolute Gasteiger partial charge is 0.305 e. The Labute approximate surface area is 103 Å². The molecule has 0 radical (unpaired) electrons. The third-order valence-electron chi connectivity index (χ3n) is 2.86. The van der Waals surface area contributed by atoms with Crippen molar-refractivity contribution in [3.05, 3.63) is 57.0 Å². The summed E-state index contributed by atoms with van der Waals surface area (Å²) in [5.74, 6) is 0. The number of hydrogen-bond donors (Lipinski definition) is 1. The van der Waals surface area contributed by atoms with E-state index in [0.717, 1.165) is 16.1 Å². The molecule has 84 valence electrons. The Kier molecular flexibility index (Phi) is 2.34. The summed E-state index contributed by atoms with van der Waals surface area (Å²) in [4.78, 5) is 15.2. The molecule has 3 heteroatoms. The van der Waals surface area contributed by atoms with Gasteiger partial charge < -0.3 is 4.98 Å². The van der Waals surface area contributed by atoms with E-state index in [0.29, 0.717) is 0 Å². The Balaban J connectivity index is 2.24. The molecule has 0 bridgehead atoms. The highest BCUT2D eigenvalue weighted by Crippen LogP contribution is 2.25. The van der Waals surface area contributed by atoms with Crippen molar-refractivity contribution < 1.29 is 0 Å². The molecule has 0 spiro atoms. The predicted molar refractivity (Wildman–Crippen MR) is 72.6 cm³/mol. The van der Waals surface area contributed by atoms with Gasteiger partial charge >= 0.3 is 4.87 Å². The number of aromatic amines is 1. The van der Waals surface area contributed by atoms with E-state index in [9.17, 15) is 4.79 Å². The van der Waals surface area contributed by atoms with Gasteiger partial charge in [0.05, 0.1) is 5.69 Å². The van der Waals surface area contributed by atoms with Gasteiger partial charge in [0.25, 0.3) is 0 Å². The van der Waals surface area contributed by atoms with E-state index in [2.05, 4.69) is 29.2 Å². The SMILES string of the molecule is Cc1sc(=O)[nH]c1-c1ccc2ccccc2c1. The van der Waals surface area contributed by atoms with E-state index in [1.807, 2.05) is 25.1 Å². The number of aromatic nitrogens is 1. The van der Waals surface area contributed by atoms with Crippen molar-refractivity contribution >= 4 is 22.1 Å². The van der Waals surface area contributed by atoms with Crippen molar-refractivity contribution in [3.8, 4) is 11.3 Å². The van der Waals surface area contributed by atoms with Crippen molar-refractivity contribution in [1.82, 2.24) is 4.98 Å². The van der Waals surface area contributed by atoms with E-state index >= 15 is 0 Å². The van der Waals surface area contributed by atoms with Gasteiger partial charge in [-0.1, -0.05) is 47.7 Å². The minimum atomic E-state index is 0.00524. The zero-order valence-corrected chi connectivity index (χ0v) is 10.2. The van der Waals surface area contributed by atoms with Gasteiger partial charge in [-0.25, -0.2) is 0 Å². The Morgan fingerprint density at radius 3 is 2.53 bits per heavy atom. The Hall–Kier alpha value is -1.87. The monoisotopic (exact) mass is 241 g/mol. The molecule has 0 fully saturated rings. The lowest BCUT2D eigenvalue weighted by Gasteiger charge is -2.02. The topological polar surface area (TPSA) is 32.9 Å². The zero-order chi connectivity index (χ0) is 11.8. The normalized spacial score (nSPS) is 10.9. The minimum absolute atomic E-state index is 0.00524. The van der Waals surface area contributed by atoms with Crippen LogP contribution in [0.1, 0.15) is 4.88 Å². The van der Waals surface area contributed by atoms with Crippen LogP contribution in [0.4, 0.5) is 0 Å². The molecule has 0 aliphatic rings. The van der Waals surface area contributed by atoms with Crippen molar-refractivity contribution in [2.45, 2.75) is 6.92 Å². The summed E-state index contributed by atoms with van der Waals surface area (Å²) >= 11 is 1.26. The van der Waals surface area contributed by atoms with Crippen molar-refractivity contribution in [2.24, 2.45) is 0 Å². The number of H-pyrrole nitrogens is 1. The lowest BCUT2D eigenvalue weighted by Crippen LogP contribution is -1.92. The molecule has 0 unspecified atom stereocenters. The van der Waals surface area contributed by atoms with Crippen LogP contribution in [0.3, 0.4) is 0 Å². The summed E-state index contributed by atoms with van der Waals surface area (Å²) < 4.78 is 0. The molecule has 1 N–H and O–H groups in total. The van der Waals surface area contributed by atoms with Gasteiger partial charge in [0, 0.05) is 4.88 Å². The third-order valence-corrected chi connectivity index (χ3v) is 3.66. The van der Waals surface area contributed by atoms with E-state index in [1.54, 1.807) is 0 Å². The number of thiazole rings is 1. The fourth-order valence-corrected chi connectivity index (χ4v) is 2.73. The number of aryl methyl sites for hydroxylation is 1. The first-order chi connectivity index (χ1) is 8.24. The largest absolute Gasteiger partial charge is 0.312 e. The molecule has 2 aromatic carbocycles. The zero-order valence-electron chi connectivity index (χ0n) is 9.36. The summed E-state index contributed by atoms with van der Waals surface area (Å²) in [6.45, 7) is 1.97. The molecule has 1 heterocycles. The van der Waals surface area contributed by atoms with Crippen LogP contribution < -0.4 is 4.87 Å². The average molecular weight is 241 g/mol. The third kappa shape index (κ3) is 1.78. The number of fused-ring (bicyclic) bond motifs is 1. The van der Waals surface area contributed by atoms with Gasteiger partial charge in [0.2, 0.25) is 0 Å². The summed E-state index contributed by atoms with van der Waals surface area (Å²) in [7, 11) is 0. The van der Waals surface area contributed by atoms with E-state index in [4.69, 9.17) is 0 Å². The van der Waals surface area contributed by atoms with Gasteiger partial charge in [-0.2, -0.15) is 0 Å². The van der Waals surface area contributed by atoms with Crippen LogP contribution >= 0.6 is 11.3 Å². The molecule has 0 amide bonds. The van der Waals surface area contributed by atoms with Crippen molar-refractivity contribution in [1.29, 1.82) is 0 Å². The van der Waals surface area contributed by atoms with Gasteiger partial charge in [-0.15, -0.1) is 0 Å². The highest BCUT2D eigenvalue weighted by Gasteiger charge is 2.06. The summed E-state index contributed by atoms with van der Waals surface area (Å²) in [5, 5.41) is 2.41. The number of rotatable bonds is 1. The molecule has 1 aromatic heterocycles. The predicted octanol–water partition coefficient (Wildman–Crippen LogP) is 3.57. The first kappa shape index (κ1) is 10.3. The van der Waals surface area contributed by atoms with Crippen LogP contribution in [0.5, 0.6) is 0 Å². The molecule has 0 atom stereocenters. The van der Waals surface area contributed by atoms with Crippen molar-refractivity contribution in [3.63, 3.8) is 0 Å². The van der Waals surface area contributed by atoms with Gasteiger partial charge in [0.1, 0.15) is 0 Å². The van der Waals surface area contributed by atoms with Gasteiger partial charge in [0.15, 0.2) is 0 Å². The maximum Gasteiger partial charge on any atom is 0.305 e. The molecule has 17 heavy (non-hydrogen) atoms. The van der Waals surface area contributed by atoms with Crippen LogP contribution in [0, 0.1) is 6.92 Å². The van der Waals surface area contributed by atoms with Crippen LogP contribution in [0.15, 0.2) is 47.3 Å². The molecule has 0 aliphatic carbocycles. The van der Waals surface area contributed by atoms with E-state index < -0.39 is 0 Å². The minimum Gasteiger partial charge on any atom is -0.312 e. The standard InChI is InChI=1S/C14H11NOS/c1-9-13(15-14(16)17-9)12-7-6-10-4-2-3-5-11(10)8-12/h2-8H,1H3,(H,15,16). The Morgan fingerprint density at radius 1 is 1.06 bits per heavy atom. The number of nitrogens with one attached hydrogen (secondary N) is 1. The Morgan fingerprint density at radius 2 is 1.82 bits per heavy atom. The molecular formula is C14H11NOS. The van der Waals surface area contributed by atoms with Crippen LogP contribution in [-0.4, -0.2) is 4.98 Å². The molecule has 2 nitrogen and oxygen atoms in total. The van der Waals surface area contributed by atoms with Gasteiger partial charge in [-0.05, 0) is 29.3 Å². The first-order valence-electron chi connectivity index (χ1n) is 5.43. The quantitative estimate of drug-likeness (QED) is 0.694. The Bertz CT molecular complexity index is 739. The summed E-state index contributed by atoms with van der Waals surface area (Å²) in [6.07, 6.45) is 0. The van der Waals surface area contributed by atoms with Crippen LogP contribution in [-0.2, 0) is 0 Å². The molecule has 3 aromatic rings. The number of hydrogen-bond acceptors (Lipinski definition) is 2. The molecule has 0 saturated heterocycles. The van der Waals surface area contributed by atoms with Crippen molar-refractivity contribution in [2.75, 3.05) is 0 Å². The fraction of sp³-hybridized carbons (Fsp3) is 0.0714. The van der Waals surface area contributed by atoms with Gasteiger partial charge in [-0.3, -0.25) is 4.79 Å². The van der Waals surface area contributed by atoms with E-state index in [1.165, 1.54) is 22.1 Å². The average Bonchev–Trinajstić information content (AvgIpc) is 2.68. The second-order valence-corrected chi connectivity index (χ2v) is 5.19. The lowest BCUT2D eigenvalue weighted by atomic mass is 10.0. The van der Waals surface area contributed by atoms with Crippen LogP contribution in [0.2, 0.25) is 0 Å². The fourth-order valence-electron chi connectivity index (χ4n) is 2.03. The maximum atomic E-state index is 11.3. The highest BCUT2D eigenvalue weighted by atomic mass is 32.1. The molecule has 0 saturated carbocycles. The summed E-state index contributed by atoms with van der Waals surface area (Å²) in [5.41, 5.74) is 2.00. The molecule has 3 rings (SSSR count). The van der Waals surface area contributed by atoms with Crippen LogP contribution in [0.25, 0.3) is 22.0 Å². The second kappa shape index (κ2) is 3.86.